The van der Waals surface area contributed by atoms with E-state index in [0.29, 0.717) is 12.5 Å². The van der Waals surface area contributed by atoms with E-state index in [1.54, 1.807) is 24.1 Å². The first kappa shape index (κ1) is 18.7. The van der Waals surface area contributed by atoms with Crippen LogP contribution in [0.3, 0.4) is 0 Å². The van der Waals surface area contributed by atoms with Gasteiger partial charge in [0.25, 0.3) is 5.91 Å². The predicted molar refractivity (Wildman–Crippen MR) is 105 cm³/mol. The summed E-state index contributed by atoms with van der Waals surface area (Å²) in [5, 5.41) is 11.1. The molecule has 7 nitrogen and oxygen atoms in total. The second kappa shape index (κ2) is 7.16. The lowest BCUT2D eigenvalue weighted by Crippen LogP contribution is -2.48. The minimum Gasteiger partial charge on any atom is -0.363 e. The summed E-state index contributed by atoms with van der Waals surface area (Å²) < 4.78 is 28.8. The average Bonchev–Trinajstić information content (AvgIpc) is 3.46. The normalized spacial score (nSPS) is 22.5. The quantitative estimate of drug-likeness (QED) is 0.716. The number of nitrogens with zero attached hydrogens (tertiary/aromatic N) is 5. The van der Waals surface area contributed by atoms with Gasteiger partial charge in [-0.1, -0.05) is 6.07 Å². The second-order valence-corrected chi connectivity index (χ2v) is 7.91. The summed E-state index contributed by atoms with van der Waals surface area (Å²) in [7, 11) is 0. The Kier molecular flexibility index (Phi) is 4.45. The molecule has 1 amide bonds. The number of benzene rings is 1. The van der Waals surface area contributed by atoms with Crippen LogP contribution in [0.25, 0.3) is 5.69 Å². The zero-order valence-electron chi connectivity index (χ0n) is 16.3. The van der Waals surface area contributed by atoms with Crippen LogP contribution in [0.2, 0.25) is 0 Å². The van der Waals surface area contributed by atoms with Crippen LogP contribution < -0.4 is 5.32 Å². The highest BCUT2D eigenvalue weighted by Gasteiger charge is 2.47. The highest BCUT2D eigenvalue weighted by molar-refractivity contribution is 5.98. The van der Waals surface area contributed by atoms with E-state index in [0.717, 1.165) is 23.2 Å². The van der Waals surface area contributed by atoms with Crippen molar-refractivity contribution < 1.29 is 13.6 Å². The Morgan fingerprint density at radius 2 is 1.97 bits per heavy atom. The van der Waals surface area contributed by atoms with Crippen LogP contribution in [0.1, 0.15) is 28.8 Å². The number of para-hydroxylation sites is 1. The van der Waals surface area contributed by atoms with Crippen molar-refractivity contribution in [3.8, 4) is 5.69 Å². The van der Waals surface area contributed by atoms with Crippen molar-refractivity contribution in [2.45, 2.75) is 31.8 Å². The summed E-state index contributed by atoms with van der Waals surface area (Å²) in [5.74, 6) is -0.754. The van der Waals surface area contributed by atoms with Gasteiger partial charge in [-0.25, -0.2) is 13.8 Å². The molecule has 2 aliphatic rings. The molecule has 3 aromatic rings. The van der Waals surface area contributed by atoms with Crippen molar-refractivity contribution in [3.05, 3.63) is 65.6 Å². The number of carbonyl (C=O) groups is 1. The number of aromatic nitrogens is 4. The SMILES string of the molecule is Cc1cnc(NC2CC3CC2N(C(=O)c2cccc(F)c2-n2nccn2)C3)c(F)c1. The van der Waals surface area contributed by atoms with Crippen LogP contribution in [0.4, 0.5) is 14.6 Å². The van der Waals surface area contributed by atoms with Crippen LogP contribution in [0, 0.1) is 24.5 Å². The summed E-state index contributed by atoms with van der Waals surface area (Å²) in [5.41, 5.74) is 0.983. The van der Waals surface area contributed by atoms with Gasteiger partial charge in [-0.2, -0.15) is 10.2 Å². The molecule has 3 unspecified atom stereocenters. The number of rotatable bonds is 4. The lowest BCUT2D eigenvalue weighted by molar-refractivity contribution is 0.0691. The zero-order chi connectivity index (χ0) is 20.8. The molecular formula is C21H20F2N6O. The van der Waals surface area contributed by atoms with Gasteiger partial charge in [0, 0.05) is 18.8 Å². The summed E-state index contributed by atoms with van der Waals surface area (Å²) >= 11 is 0. The first-order chi connectivity index (χ1) is 14.5. The van der Waals surface area contributed by atoms with Crippen molar-refractivity contribution in [2.24, 2.45) is 5.92 Å². The molecule has 3 heterocycles. The lowest BCUT2D eigenvalue weighted by Gasteiger charge is -2.34. The van der Waals surface area contributed by atoms with Gasteiger partial charge >= 0.3 is 0 Å². The van der Waals surface area contributed by atoms with Gasteiger partial charge in [0.2, 0.25) is 0 Å². The van der Waals surface area contributed by atoms with E-state index < -0.39 is 11.6 Å². The summed E-state index contributed by atoms with van der Waals surface area (Å²) in [6, 6.07) is 5.57. The minimum atomic E-state index is -0.568. The van der Waals surface area contributed by atoms with Gasteiger partial charge in [0.1, 0.15) is 5.69 Å². The molecule has 1 saturated carbocycles. The Morgan fingerprint density at radius 3 is 2.70 bits per heavy atom. The third-order valence-electron chi connectivity index (χ3n) is 5.88. The molecule has 154 valence electrons. The van der Waals surface area contributed by atoms with Crippen molar-refractivity contribution in [1.29, 1.82) is 0 Å². The largest absolute Gasteiger partial charge is 0.363 e. The average molecular weight is 410 g/mol. The van der Waals surface area contributed by atoms with Crippen LogP contribution in [-0.2, 0) is 0 Å². The third-order valence-corrected chi connectivity index (χ3v) is 5.88. The Morgan fingerprint density at radius 1 is 1.17 bits per heavy atom. The molecule has 2 bridgehead atoms. The van der Waals surface area contributed by atoms with Crippen LogP contribution in [-0.4, -0.2) is 49.4 Å². The number of hydrogen-bond donors (Lipinski definition) is 1. The molecule has 1 saturated heterocycles. The van der Waals surface area contributed by atoms with Crippen LogP contribution in [0.5, 0.6) is 0 Å². The number of likely N-dealkylation sites (tertiary alicyclic amines) is 1. The fourth-order valence-electron chi connectivity index (χ4n) is 4.61. The van der Waals surface area contributed by atoms with E-state index in [-0.39, 0.29) is 35.1 Å². The van der Waals surface area contributed by atoms with Gasteiger partial charge in [-0.3, -0.25) is 4.79 Å². The molecule has 2 aromatic heterocycles. The van der Waals surface area contributed by atoms with Crippen LogP contribution >= 0.6 is 0 Å². The van der Waals surface area contributed by atoms with E-state index in [1.165, 1.54) is 30.6 Å². The lowest BCUT2D eigenvalue weighted by atomic mass is 10.0. The number of amides is 1. The Hall–Kier alpha value is -3.36. The predicted octanol–water partition coefficient (Wildman–Crippen LogP) is 2.96. The van der Waals surface area contributed by atoms with Crippen LogP contribution in [0.15, 0.2) is 42.9 Å². The molecule has 2 fully saturated rings. The molecule has 0 radical (unpaired) electrons. The zero-order valence-corrected chi connectivity index (χ0v) is 16.3. The topological polar surface area (TPSA) is 75.9 Å². The number of pyridine rings is 1. The van der Waals surface area contributed by atoms with Crippen molar-refractivity contribution in [2.75, 3.05) is 11.9 Å². The van der Waals surface area contributed by atoms with Crippen molar-refractivity contribution in [3.63, 3.8) is 0 Å². The summed E-state index contributed by atoms with van der Waals surface area (Å²) in [6.45, 7) is 2.37. The van der Waals surface area contributed by atoms with E-state index in [4.69, 9.17) is 0 Å². The maximum absolute atomic E-state index is 14.6. The Balaban J connectivity index is 1.42. The molecular weight excluding hydrogens is 390 g/mol. The molecule has 30 heavy (non-hydrogen) atoms. The maximum atomic E-state index is 14.6. The number of halogens is 2. The first-order valence-corrected chi connectivity index (χ1v) is 9.86. The van der Waals surface area contributed by atoms with E-state index in [9.17, 15) is 13.6 Å². The van der Waals surface area contributed by atoms with Crippen molar-refractivity contribution in [1.82, 2.24) is 24.9 Å². The maximum Gasteiger partial charge on any atom is 0.256 e. The molecule has 0 spiro atoms. The number of hydrogen-bond acceptors (Lipinski definition) is 5. The molecule has 5 rings (SSSR count). The molecule has 1 N–H and O–H groups in total. The second-order valence-electron chi connectivity index (χ2n) is 7.91. The van der Waals surface area contributed by atoms with Gasteiger partial charge < -0.3 is 10.2 Å². The molecule has 9 heteroatoms. The molecule has 1 aromatic carbocycles. The van der Waals surface area contributed by atoms with E-state index in [2.05, 4.69) is 20.5 Å². The molecule has 1 aliphatic carbocycles. The smallest absolute Gasteiger partial charge is 0.256 e. The monoisotopic (exact) mass is 410 g/mol. The Bertz CT molecular complexity index is 1100. The number of piperidine rings is 1. The highest BCUT2D eigenvalue weighted by atomic mass is 19.1. The number of nitrogens with one attached hydrogen (secondary N) is 1. The van der Waals surface area contributed by atoms with Crippen molar-refractivity contribution >= 4 is 11.7 Å². The van der Waals surface area contributed by atoms with E-state index >= 15 is 0 Å². The highest BCUT2D eigenvalue weighted by Crippen LogP contribution is 2.40. The number of carbonyl (C=O) groups excluding carboxylic acids is 1. The fraction of sp³-hybridized carbons (Fsp3) is 0.333. The molecule has 3 atom stereocenters. The van der Waals surface area contributed by atoms with Gasteiger partial charge in [-0.05, 0) is 49.4 Å². The molecule has 1 aliphatic heterocycles. The van der Waals surface area contributed by atoms with Gasteiger partial charge in [0.15, 0.2) is 17.5 Å². The number of fused-ring (bicyclic) bond motifs is 2. The number of aryl methyl sites for hydroxylation is 1. The number of anilines is 1. The third kappa shape index (κ3) is 3.10. The minimum absolute atomic E-state index is 0.0334. The standard InChI is InChI=1S/C21H20F2N6O/c1-12-7-16(23)20(24-10-12)27-17-8-13-9-18(17)28(11-13)21(30)14-3-2-4-15(22)19(14)29-25-5-6-26-29/h2-7,10,13,17-18H,8-9,11H2,1H3,(H,24,27). The first-order valence-electron chi connectivity index (χ1n) is 9.86. The van der Waals surface area contributed by atoms with E-state index in [1.807, 2.05) is 0 Å². The fourth-order valence-corrected chi connectivity index (χ4v) is 4.61. The summed E-state index contributed by atoms with van der Waals surface area (Å²) in [6.07, 6.45) is 6.13. The summed E-state index contributed by atoms with van der Waals surface area (Å²) in [4.78, 5) is 20.4. The van der Waals surface area contributed by atoms with Gasteiger partial charge in [0.05, 0.1) is 24.0 Å². The Labute approximate surface area is 171 Å². The van der Waals surface area contributed by atoms with Gasteiger partial charge in [-0.15, -0.1) is 4.80 Å².